The Morgan fingerprint density at radius 1 is 0.938 bits per heavy atom. The van der Waals surface area contributed by atoms with Crippen LogP contribution >= 0.6 is 45.3 Å². The van der Waals surface area contributed by atoms with E-state index >= 15 is 0 Å². The van der Waals surface area contributed by atoms with Gasteiger partial charge in [0.15, 0.2) is 10.3 Å². The lowest BCUT2D eigenvalue weighted by molar-refractivity contribution is 0.198. The third kappa shape index (κ3) is 11.2. The van der Waals surface area contributed by atoms with Crippen LogP contribution in [0.15, 0.2) is 61.4 Å². The van der Waals surface area contributed by atoms with Crippen molar-refractivity contribution < 1.29 is 19.7 Å². The van der Waals surface area contributed by atoms with Crippen molar-refractivity contribution in [3.05, 3.63) is 86.7 Å². The zero-order valence-electron chi connectivity index (χ0n) is 28.7. The smallest absolute Gasteiger partial charge is 0.336 e. The van der Waals surface area contributed by atoms with Crippen LogP contribution in [0.4, 0.5) is 15.1 Å². The highest BCUT2D eigenvalue weighted by Gasteiger charge is 2.16. The average molecular weight is 810 g/mol. The molecule has 6 heterocycles. The molecule has 5 aromatic rings. The molecule has 6 rings (SSSR count). The number of aryl methyl sites for hydroxylation is 2. The summed E-state index contributed by atoms with van der Waals surface area (Å²) < 4.78 is 22.8. The van der Waals surface area contributed by atoms with Gasteiger partial charge in [-0.25, -0.2) is 29.3 Å². The molecular weight excluding hydrogens is 767 g/mol. The van der Waals surface area contributed by atoms with Gasteiger partial charge in [-0.1, -0.05) is 73.0 Å². The normalized spacial score (nSPS) is 12.3. The SMILES string of the molecule is C1CCOC1.Cc1nc(N)sc1-c1cc(C(C)C)oc(=O)c1.Cc1nc(NC(=O)n2ccnc2)sc1-c1cc(C(C)C)oc(=O)c1.[2H]CI. The van der Waals surface area contributed by atoms with E-state index in [2.05, 4.69) is 20.3 Å². The summed E-state index contributed by atoms with van der Waals surface area (Å²) in [6.45, 7) is 13.6. The van der Waals surface area contributed by atoms with Crippen LogP contribution in [0.3, 0.4) is 0 Å². The van der Waals surface area contributed by atoms with E-state index < -0.39 is 5.63 Å². The van der Waals surface area contributed by atoms with Crippen molar-refractivity contribution in [1.82, 2.24) is 19.5 Å². The molecule has 15 heteroatoms. The summed E-state index contributed by atoms with van der Waals surface area (Å²) in [5.74, 6) is 1.58. The molecule has 0 radical (unpaired) electrons. The van der Waals surface area contributed by atoms with Gasteiger partial charge in [-0.3, -0.25) is 9.88 Å². The van der Waals surface area contributed by atoms with Crippen molar-refractivity contribution in [2.24, 2.45) is 0 Å². The third-order valence-corrected chi connectivity index (χ3v) is 8.79. The lowest BCUT2D eigenvalue weighted by Crippen LogP contribution is -2.17. The van der Waals surface area contributed by atoms with E-state index in [0.717, 1.165) is 45.5 Å². The summed E-state index contributed by atoms with van der Waals surface area (Å²) >= 11 is 4.65. The lowest BCUT2D eigenvalue weighted by Gasteiger charge is -2.05. The molecule has 0 aromatic carbocycles. The first-order valence-corrected chi connectivity index (χ1v) is 18.2. The van der Waals surface area contributed by atoms with Gasteiger partial charge in [0.25, 0.3) is 0 Å². The van der Waals surface area contributed by atoms with Crippen molar-refractivity contribution in [2.75, 3.05) is 29.2 Å². The van der Waals surface area contributed by atoms with Gasteiger partial charge >= 0.3 is 17.3 Å². The number of carbonyl (C=O) groups excluding carboxylic acids is 1. The monoisotopic (exact) mass is 809 g/mol. The Bertz CT molecular complexity index is 1890. The van der Waals surface area contributed by atoms with Crippen LogP contribution in [0.5, 0.6) is 0 Å². The van der Waals surface area contributed by atoms with E-state index in [1.54, 1.807) is 6.20 Å². The molecular formula is C33H41IN6O6S2. The number of hydrogen-bond donors (Lipinski definition) is 2. The van der Waals surface area contributed by atoms with Gasteiger partial charge in [-0.05, 0) is 43.7 Å². The summed E-state index contributed by atoms with van der Waals surface area (Å²) in [7, 11) is 0. The zero-order valence-corrected chi connectivity index (χ0v) is 31.5. The van der Waals surface area contributed by atoms with Crippen LogP contribution in [-0.4, -0.2) is 43.7 Å². The second-order valence-corrected chi connectivity index (χ2v) is 13.1. The first-order chi connectivity index (χ1) is 23.3. The fourth-order valence-corrected chi connectivity index (χ4v) is 6.04. The first kappa shape index (κ1) is 37.2. The lowest BCUT2D eigenvalue weighted by atomic mass is 10.1. The Balaban J connectivity index is 0.000000224. The highest BCUT2D eigenvalue weighted by atomic mass is 127. The number of ether oxygens (including phenoxy) is 1. The largest absolute Gasteiger partial charge is 0.428 e. The number of thiazole rings is 2. The van der Waals surface area contributed by atoms with Crippen LogP contribution in [0, 0.1) is 13.8 Å². The summed E-state index contributed by atoms with van der Waals surface area (Å²) in [5.41, 5.74) is 8.08. The van der Waals surface area contributed by atoms with Crippen molar-refractivity contribution in [1.29, 1.82) is 0 Å². The van der Waals surface area contributed by atoms with Gasteiger partial charge in [0, 0.05) is 62.1 Å². The van der Waals surface area contributed by atoms with Gasteiger partial charge in [-0.15, -0.1) is 0 Å². The summed E-state index contributed by atoms with van der Waals surface area (Å²) in [5, 5.41) is 3.69. The number of alkyl halides is 1. The molecule has 0 aliphatic carbocycles. The number of rotatable bonds is 5. The molecule has 1 aliphatic heterocycles. The molecule has 0 saturated carbocycles. The molecule has 1 aliphatic rings. The highest BCUT2D eigenvalue weighted by Crippen LogP contribution is 2.34. The van der Waals surface area contributed by atoms with Crippen LogP contribution in [0.1, 0.15) is 76.7 Å². The second-order valence-electron chi connectivity index (χ2n) is 11.1. The highest BCUT2D eigenvalue weighted by molar-refractivity contribution is 14.1. The number of imidazole rings is 1. The maximum atomic E-state index is 12.0. The molecule has 0 bridgehead atoms. The summed E-state index contributed by atoms with van der Waals surface area (Å²) in [4.78, 5) is 49.9. The Morgan fingerprint density at radius 2 is 1.46 bits per heavy atom. The predicted octanol–water partition coefficient (Wildman–Crippen LogP) is 8.10. The van der Waals surface area contributed by atoms with Gasteiger partial charge in [0.05, 0.1) is 21.1 Å². The minimum Gasteiger partial charge on any atom is -0.428 e. The van der Waals surface area contributed by atoms with Gasteiger partial charge in [0.1, 0.15) is 17.8 Å². The number of aromatic nitrogens is 4. The van der Waals surface area contributed by atoms with Gasteiger partial charge in [-0.2, -0.15) is 0 Å². The fraction of sp³-hybridized carbons (Fsp3) is 0.394. The van der Waals surface area contributed by atoms with Crippen LogP contribution in [-0.2, 0) is 4.74 Å². The van der Waals surface area contributed by atoms with E-state index in [1.165, 1.54) is 64.7 Å². The third-order valence-electron chi connectivity index (χ3n) is 6.63. The maximum Gasteiger partial charge on any atom is 0.336 e. The number of anilines is 2. The maximum absolute atomic E-state index is 12.0. The van der Waals surface area contributed by atoms with E-state index in [-0.39, 0.29) is 23.5 Å². The quantitative estimate of drug-likeness (QED) is 0.131. The number of carbonyl (C=O) groups is 1. The number of nitrogens with two attached hydrogens (primary N) is 1. The second kappa shape index (κ2) is 18.8. The van der Waals surface area contributed by atoms with Gasteiger partial charge in [0.2, 0.25) is 0 Å². The Morgan fingerprint density at radius 3 is 1.88 bits per heavy atom. The zero-order chi connectivity index (χ0) is 36.1. The van der Waals surface area contributed by atoms with Crippen molar-refractivity contribution >= 4 is 61.6 Å². The molecule has 258 valence electrons. The van der Waals surface area contributed by atoms with E-state index in [4.69, 9.17) is 20.7 Å². The molecule has 1 fully saturated rings. The Kier molecular flexibility index (Phi) is 14.5. The van der Waals surface area contributed by atoms with Crippen LogP contribution in [0.2, 0.25) is 0 Å². The van der Waals surface area contributed by atoms with Crippen LogP contribution in [0.25, 0.3) is 20.9 Å². The van der Waals surface area contributed by atoms with E-state index in [1.807, 2.05) is 76.3 Å². The number of amides is 1. The molecule has 0 spiro atoms. The minimum atomic E-state index is -0.395. The molecule has 5 aromatic heterocycles. The number of nitrogen functional groups attached to an aromatic ring is 1. The van der Waals surface area contributed by atoms with E-state index in [0.29, 0.717) is 26.7 Å². The Hall–Kier alpha value is -3.67. The number of nitrogens with one attached hydrogen (secondary N) is 1. The standard InChI is InChI=1S/C16H16N4O3S.C12H14N2O2S.C4H8O.CH3I/c1-9(2)12-6-11(7-13(21)23-12)14-10(3)18-15(24-14)19-16(22)20-5-4-17-8-20;1-6(2)9-4-8(5-10(15)16-9)11-7(3)14-12(13)17-11;1-2-4-5-3-1;1-2/h4-9H,1-3H3,(H,18,19,22);4-6H,1-3H3,(H2,13,14);1-4H2;1H3/i;;;1D. The van der Waals surface area contributed by atoms with Gasteiger partial charge < -0.3 is 19.3 Å². The summed E-state index contributed by atoms with van der Waals surface area (Å²) in [6, 6.07) is 6.29. The molecule has 3 N–H and O–H groups in total. The predicted molar refractivity (Wildman–Crippen MR) is 201 cm³/mol. The Labute approximate surface area is 302 Å². The summed E-state index contributed by atoms with van der Waals surface area (Å²) in [6.07, 6.45) is 7.04. The molecule has 0 atom stereocenters. The molecule has 12 nitrogen and oxygen atoms in total. The molecule has 48 heavy (non-hydrogen) atoms. The number of halogens is 1. The average Bonchev–Trinajstić information content (AvgIpc) is 3.87. The van der Waals surface area contributed by atoms with Crippen molar-refractivity contribution in [3.8, 4) is 20.9 Å². The molecule has 0 unspecified atom stereocenters. The fourth-order valence-electron chi connectivity index (χ4n) is 4.27. The topological polar surface area (TPSA) is 168 Å². The molecule has 1 amide bonds. The van der Waals surface area contributed by atoms with Crippen molar-refractivity contribution in [2.45, 2.75) is 66.2 Å². The molecule has 1 saturated heterocycles. The number of nitrogens with zero attached hydrogens (tertiary/aromatic N) is 4. The first-order valence-electron chi connectivity index (χ1n) is 15.8. The minimum absolute atomic E-state index is 0.103. The van der Waals surface area contributed by atoms with Crippen molar-refractivity contribution in [3.63, 3.8) is 0 Å². The van der Waals surface area contributed by atoms with Crippen LogP contribution < -0.4 is 22.3 Å². The van der Waals surface area contributed by atoms with E-state index in [9.17, 15) is 14.4 Å². The number of hydrogen-bond acceptors (Lipinski definition) is 12.